The topological polar surface area (TPSA) is 69.9 Å². The average molecular weight is 425 g/mol. The van der Waals surface area contributed by atoms with Gasteiger partial charge in [0.25, 0.3) is 5.91 Å². The van der Waals surface area contributed by atoms with Crippen molar-refractivity contribution in [3.63, 3.8) is 0 Å². The zero-order valence-electron chi connectivity index (χ0n) is 17.1. The van der Waals surface area contributed by atoms with E-state index < -0.39 is 0 Å². The predicted molar refractivity (Wildman–Crippen MR) is 116 cm³/mol. The van der Waals surface area contributed by atoms with Crippen molar-refractivity contribution < 1.29 is 19.1 Å². The smallest absolute Gasteiger partial charge is 0.326 e. The number of aryl methyl sites for hydroxylation is 2. The number of amides is 1. The van der Waals surface area contributed by atoms with Crippen molar-refractivity contribution in [2.45, 2.75) is 39.2 Å². The van der Waals surface area contributed by atoms with E-state index in [-0.39, 0.29) is 18.4 Å². The molecule has 0 fully saturated rings. The van der Waals surface area contributed by atoms with E-state index in [9.17, 15) is 9.59 Å². The third-order valence-corrected chi connectivity index (χ3v) is 6.32. The molecule has 156 valence electrons. The van der Waals surface area contributed by atoms with Crippen LogP contribution in [-0.4, -0.2) is 30.2 Å². The molecule has 0 spiro atoms. The normalized spacial score (nSPS) is 13.9. The SMILES string of the molecule is CCOC(=O)Cn1c(=NC(=O)c2ccc3c(c2)CCCC3)sc2cc(OC)ccc21. The number of ether oxygens (including phenoxy) is 2. The summed E-state index contributed by atoms with van der Waals surface area (Å²) in [5.74, 6) is 0.0369. The number of esters is 1. The minimum absolute atomic E-state index is 0.00350. The van der Waals surface area contributed by atoms with Gasteiger partial charge in [-0.15, -0.1) is 0 Å². The molecule has 1 aromatic heterocycles. The van der Waals surface area contributed by atoms with Gasteiger partial charge in [-0.05, 0) is 74.1 Å². The van der Waals surface area contributed by atoms with Gasteiger partial charge in [0, 0.05) is 5.56 Å². The first-order valence-electron chi connectivity index (χ1n) is 10.1. The third kappa shape index (κ3) is 4.16. The van der Waals surface area contributed by atoms with Crippen molar-refractivity contribution in [2.24, 2.45) is 4.99 Å². The number of rotatable bonds is 5. The van der Waals surface area contributed by atoms with E-state index in [4.69, 9.17) is 9.47 Å². The fraction of sp³-hybridized carbons (Fsp3) is 0.348. The van der Waals surface area contributed by atoms with Crippen LogP contribution in [0, 0.1) is 0 Å². The molecule has 0 bridgehead atoms. The second-order valence-electron chi connectivity index (χ2n) is 7.22. The van der Waals surface area contributed by atoms with Crippen molar-refractivity contribution in [3.8, 4) is 5.75 Å². The summed E-state index contributed by atoms with van der Waals surface area (Å²) in [6.45, 7) is 2.07. The van der Waals surface area contributed by atoms with Gasteiger partial charge < -0.3 is 14.0 Å². The van der Waals surface area contributed by atoms with E-state index in [0.29, 0.717) is 22.7 Å². The van der Waals surface area contributed by atoms with Gasteiger partial charge in [0.05, 0.1) is 23.9 Å². The van der Waals surface area contributed by atoms with Gasteiger partial charge in [-0.2, -0.15) is 4.99 Å². The van der Waals surface area contributed by atoms with Gasteiger partial charge in [0.15, 0.2) is 4.80 Å². The van der Waals surface area contributed by atoms with Crippen LogP contribution in [0.4, 0.5) is 0 Å². The fourth-order valence-corrected chi connectivity index (χ4v) is 4.83. The number of carbonyl (C=O) groups excluding carboxylic acids is 2. The standard InChI is InChI=1S/C23H24N2O4S/c1-3-29-21(26)14-25-19-11-10-18(28-2)13-20(19)30-23(25)24-22(27)17-9-8-15-6-4-5-7-16(15)12-17/h8-13H,3-7,14H2,1-2H3. The van der Waals surface area contributed by atoms with Crippen molar-refractivity contribution >= 4 is 33.4 Å². The molecule has 1 heterocycles. The maximum atomic E-state index is 12.9. The van der Waals surface area contributed by atoms with Crippen LogP contribution >= 0.6 is 11.3 Å². The van der Waals surface area contributed by atoms with E-state index in [1.54, 1.807) is 18.6 Å². The zero-order chi connectivity index (χ0) is 21.1. The first-order chi connectivity index (χ1) is 14.6. The van der Waals surface area contributed by atoms with Gasteiger partial charge >= 0.3 is 5.97 Å². The molecule has 6 nitrogen and oxygen atoms in total. The predicted octanol–water partition coefficient (Wildman–Crippen LogP) is 3.89. The average Bonchev–Trinajstić information content (AvgIpc) is 3.09. The minimum atomic E-state index is -0.365. The maximum Gasteiger partial charge on any atom is 0.326 e. The molecule has 0 saturated heterocycles. The molecule has 0 atom stereocenters. The molecule has 2 aromatic carbocycles. The van der Waals surface area contributed by atoms with Crippen molar-refractivity contribution in [1.82, 2.24) is 4.57 Å². The number of hydrogen-bond donors (Lipinski definition) is 0. The fourth-order valence-electron chi connectivity index (χ4n) is 3.77. The minimum Gasteiger partial charge on any atom is -0.497 e. The van der Waals surface area contributed by atoms with E-state index in [1.165, 1.54) is 28.9 Å². The van der Waals surface area contributed by atoms with Crippen LogP contribution in [0.15, 0.2) is 41.4 Å². The molecular weight excluding hydrogens is 400 g/mol. The lowest BCUT2D eigenvalue weighted by Gasteiger charge is -2.15. The summed E-state index contributed by atoms with van der Waals surface area (Å²) in [5, 5.41) is 0. The monoisotopic (exact) mass is 424 g/mol. The van der Waals surface area contributed by atoms with Gasteiger partial charge in [-0.1, -0.05) is 17.4 Å². The van der Waals surface area contributed by atoms with Crippen LogP contribution in [0.25, 0.3) is 10.2 Å². The van der Waals surface area contributed by atoms with E-state index >= 15 is 0 Å². The Morgan fingerprint density at radius 2 is 1.90 bits per heavy atom. The summed E-state index contributed by atoms with van der Waals surface area (Å²) in [5.41, 5.74) is 3.95. The number of methoxy groups -OCH3 is 1. The highest BCUT2D eigenvalue weighted by atomic mass is 32.1. The van der Waals surface area contributed by atoms with E-state index in [1.807, 2.05) is 36.4 Å². The summed E-state index contributed by atoms with van der Waals surface area (Å²) in [6.07, 6.45) is 4.42. The maximum absolute atomic E-state index is 12.9. The number of nitrogens with zero attached hydrogens (tertiary/aromatic N) is 2. The Hall–Kier alpha value is -2.93. The summed E-state index contributed by atoms with van der Waals surface area (Å²) in [7, 11) is 1.60. The number of aromatic nitrogens is 1. The Bertz CT molecular complexity index is 1180. The molecule has 0 N–H and O–H groups in total. The van der Waals surface area contributed by atoms with Crippen LogP contribution in [0.3, 0.4) is 0 Å². The highest BCUT2D eigenvalue weighted by molar-refractivity contribution is 7.16. The summed E-state index contributed by atoms with van der Waals surface area (Å²) >= 11 is 1.35. The third-order valence-electron chi connectivity index (χ3n) is 5.28. The second kappa shape index (κ2) is 8.83. The molecule has 1 aliphatic rings. The molecule has 30 heavy (non-hydrogen) atoms. The van der Waals surface area contributed by atoms with Crippen LogP contribution in [0.5, 0.6) is 5.75 Å². The second-order valence-corrected chi connectivity index (χ2v) is 8.23. The Balaban J connectivity index is 1.76. The molecule has 3 aromatic rings. The summed E-state index contributed by atoms with van der Waals surface area (Å²) in [6, 6.07) is 11.4. The number of carbonyl (C=O) groups is 2. The van der Waals surface area contributed by atoms with Crippen LogP contribution in [-0.2, 0) is 28.9 Å². The quantitative estimate of drug-likeness (QED) is 0.583. The number of thiazole rings is 1. The summed E-state index contributed by atoms with van der Waals surface area (Å²) in [4.78, 5) is 30.0. The molecule has 4 rings (SSSR count). The van der Waals surface area contributed by atoms with Gasteiger partial charge in [0.2, 0.25) is 0 Å². The van der Waals surface area contributed by atoms with Gasteiger partial charge in [0.1, 0.15) is 12.3 Å². The first kappa shape index (κ1) is 20.3. The van der Waals surface area contributed by atoms with E-state index in [0.717, 1.165) is 29.5 Å². The lowest BCUT2D eigenvalue weighted by atomic mass is 9.90. The van der Waals surface area contributed by atoms with Gasteiger partial charge in [-0.25, -0.2) is 0 Å². The molecular formula is C23H24N2O4S. The van der Waals surface area contributed by atoms with Gasteiger partial charge in [-0.3, -0.25) is 9.59 Å². The lowest BCUT2D eigenvalue weighted by Crippen LogP contribution is -2.23. The Morgan fingerprint density at radius 3 is 2.67 bits per heavy atom. The number of benzene rings is 2. The van der Waals surface area contributed by atoms with Crippen molar-refractivity contribution in [3.05, 3.63) is 57.9 Å². The number of hydrogen-bond acceptors (Lipinski definition) is 5. The largest absolute Gasteiger partial charge is 0.497 e. The Morgan fingerprint density at radius 1 is 1.10 bits per heavy atom. The lowest BCUT2D eigenvalue weighted by molar-refractivity contribution is -0.143. The Kier molecular flexibility index (Phi) is 5.99. The van der Waals surface area contributed by atoms with Crippen molar-refractivity contribution in [1.29, 1.82) is 0 Å². The molecule has 1 aliphatic carbocycles. The van der Waals surface area contributed by atoms with Crippen LogP contribution in [0.1, 0.15) is 41.3 Å². The summed E-state index contributed by atoms with van der Waals surface area (Å²) < 4.78 is 13.0. The highest BCUT2D eigenvalue weighted by Crippen LogP contribution is 2.24. The molecule has 0 saturated carbocycles. The van der Waals surface area contributed by atoms with Crippen LogP contribution < -0.4 is 9.54 Å². The first-order valence-corrected chi connectivity index (χ1v) is 10.9. The molecule has 0 aliphatic heterocycles. The Labute approximate surface area is 178 Å². The zero-order valence-corrected chi connectivity index (χ0v) is 18.0. The molecule has 1 amide bonds. The molecule has 0 unspecified atom stereocenters. The number of fused-ring (bicyclic) bond motifs is 2. The molecule has 7 heteroatoms. The van der Waals surface area contributed by atoms with Crippen molar-refractivity contribution in [2.75, 3.05) is 13.7 Å². The highest BCUT2D eigenvalue weighted by Gasteiger charge is 2.15. The molecule has 0 radical (unpaired) electrons. The van der Waals surface area contributed by atoms with E-state index in [2.05, 4.69) is 4.99 Å². The van der Waals surface area contributed by atoms with Crippen LogP contribution in [0.2, 0.25) is 0 Å².